The molecule has 0 bridgehead atoms. The lowest BCUT2D eigenvalue weighted by atomic mass is 9.86. The highest BCUT2D eigenvalue weighted by Crippen LogP contribution is 2.34. The SMILES string of the molecule is Cn1cc([C@@H]2CN(C(=O)N3CCN(S(C)(=O)=O)C3=O)Cc3ccccc32)cn1. The highest BCUT2D eigenvalue weighted by molar-refractivity contribution is 7.88. The smallest absolute Gasteiger partial charge is 0.319 e. The van der Waals surface area contributed by atoms with Gasteiger partial charge in [-0.05, 0) is 16.7 Å². The summed E-state index contributed by atoms with van der Waals surface area (Å²) in [7, 11) is -1.85. The number of carbonyl (C=O) groups is 2. The third kappa shape index (κ3) is 3.13. The lowest BCUT2D eigenvalue weighted by molar-refractivity contribution is 0.154. The van der Waals surface area contributed by atoms with E-state index in [2.05, 4.69) is 5.10 Å². The number of carbonyl (C=O) groups excluding carboxylic acids is 2. The van der Waals surface area contributed by atoms with E-state index in [4.69, 9.17) is 0 Å². The number of aromatic nitrogens is 2. The van der Waals surface area contributed by atoms with Gasteiger partial charge in [0.15, 0.2) is 0 Å². The Morgan fingerprint density at radius 3 is 2.61 bits per heavy atom. The van der Waals surface area contributed by atoms with E-state index in [0.717, 1.165) is 32.2 Å². The molecular weight excluding hydrogens is 382 g/mol. The summed E-state index contributed by atoms with van der Waals surface area (Å²) in [5.41, 5.74) is 3.12. The molecule has 0 unspecified atom stereocenters. The summed E-state index contributed by atoms with van der Waals surface area (Å²) in [5, 5.41) is 4.24. The number of benzene rings is 1. The van der Waals surface area contributed by atoms with Crippen molar-refractivity contribution in [3.8, 4) is 0 Å². The molecule has 0 radical (unpaired) electrons. The van der Waals surface area contributed by atoms with E-state index >= 15 is 0 Å². The van der Waals surface area contributed by atoms with Gasteiger partial charge in [-0.1, -0.05) is 24.3 Å². The number of aryl methyl sites for hydroxylation is 1. The van der Waals surface area contributed by atoms with Gasteiger partial charge in [-0.25, -0.2) is 27.2 Å². The fourth-order valence-corrected chi connectivity index (χ4v) is 4.63. The van der Waals surface area contributed by atoms with Gasteiger partial charge in [0.25, 0.3) is 0 Å². The van der Waals surface area contributed by atoms with Crippen LogP contribution in [0.25, 0.3) is 0 Å². The summed E-state index contributed by atoms with van der Waals surface area (Å²) in [6, 6.07) is 6.63. The van der Waals surface area contributed by atoms with Crippen LogP contribution in [-0.2, 0) is 23.6 Å². The van der Waals surface area contributed by atoms with E-state index in [1.165, 1.54) is 0 Å². The van der Waals surface area contributed by atoms with Gasteiger partial charge in [0.1, 0.15) is 0 Å². The molecule has 0 spiro atoms. The number of nitrogens with zero attached hydrogens (tertiary/aromatic N) is 5. The highest BCUT2D eigenvalue weighted by atomic mass is 32.2. The number of sulfonamides is 1. The van der Waals surface area contributed by atoms with Gasteiger partial charge < -0.3 is 4.90 Å². The summed E-state index contributed by atoms with van der Waals surface area (Å²) in [6.07, 6.45) is 4.66. The second kappa shape index (κ2) is 6.62. The van der Waals surface area contributed by atoms with Gasteiger partial charge in [-0.2, -0.15) is 5.10 Å². The molecule has 4 amide bonds. The molecule has 10 heteroatoms. The largest absolute Gasteiger partial charge is 0.341 e. The monoisotopic (exact) mass is 403 g/mol. The van der Waals surface area contributed by atoms with Crippen LogP contribution < -0.4 is 0 Å². The maximum absolute atomic E-state index is 13.1. The van der Waals surface area contributed by atoms with Crippen molar-refractivity contribution in [3.05, 3.63) is 53.3 Å². The molecule has 0 saturated carbocycles. The first kappa shape index (κ1) is 18.5. The molecule has 1 atom stereocenters. The second-order valence-corrected chi connectivity index (χ2v) is 9.04. The molecule has 1 aromatic heterocycles. The van der Waals surface area contributed by atoms with Crippen molar-refractivity contribution in [3.63, 3.8) is 0 Å². The van der Waals surface area contributed by atoms with Gasteiger partial charge >= 0.3 is 12.1 Å². The fourth-order valence-electron chi connectivity index (χ4n) is 3.83. The summed E-state index contributed by atoms with van der Waals surface area (Å²) >= 11 is 0. The van der Waals surface area contributed by atoms with Crippen molar-refractivity contribution in [2.45, 2.75) is 12.5 Å². The molecule has 2 aliphatic rings. The van der Waals surface area contributed by atoms with E-state index < -0.39 is 22.1 Å². The van der Waals surface area contributed by atoms with Crippen molar-refractivity contribution in [2.75, 3.05) is 25.9 Å². The van der Waals surface area contributed by atoms with Gasteiger partial charge in [0.05, 0.1) is 25.5 Å². The molecule has 2 aromatic rings. The average Bonchev–Trinajstić information content (AvgIpc) is 3.25. The molecule has 9 nitrogen and oxygen atoms in total. The van der Waals surface area contributed by atoms with Crippen molar-refractivity contribution >= 4 is 22.1 Å². The predicted molar refractivity (Wildman–Crippen MR) is 101 cm³/mol. The molecule has 3 heterocycles. The number of amides is 4. The zero-order valence-corrected chi connectivity index (χ0v) is 16.5. The summed E-state index contributed by atoms with van der Waals surface area (Å²) < 4.78 is 25.9. The number of imide groups is 1. The first-order valence-electron chi connectivity index (χ1n) is 8.90. The average molecular weight is 403 g/mol. The molecule has 1 saturated heterocycles. The third-order valence-electron chi connectivity index (χ3n) is 5.19. The summed E-state index contributed by atoms with van der Waals surface area (Å²) in [5.74, 6) is -0.0636. The van der Waals surface area contributed by atoms with Crippen molar-refractivity contribution in [2.24, 2.45) is 7.05 Å². The van der Waals surface area contributed by atoms with Crippen molar-refractivity contribution in [1.82, 2.24) is 23.9 Å². The second-order valence-electron chi connectivity index (χ2n) is 7.13. The quantitative estimate of drug-likeness (QED) is 0.750. The van der Waals surface area contributed by atoms with Gasteiger partial charge in [-0.3, -0.25) is 4.68 Å². The minimum Gasteiger partial charge on any atom is -0.319 e. The van der Waals surface area contributed by atoms with Gasteiger partial charge in [0.2, 0.25) is 10.0 Å². The minimum atomic E-state index is -3.69. The van der Waals surface area contributed by atoms with Crippen LogP contribution in [0.3, 0.4) is 0 Å². The zero-order chi connectivity index (χ0) is 20.1. The number of urea groups is 2. The Morgan fingerprint density at radius 1 is 1.21 bits per heavy atom. The molecule has 28 heavy (non-hydrogen) atoms. The zero-order valence-electron chi connectivity index (χ0n) is 15.6. The van der Waals surface area contributed by atoms with Crippen molar-refractivity contribution < 1.29 is 18.0 Å². The lowest BCUT2D eigenvalue weighted by Gasteiger charge is -2.36. The first-order valence-corrected chi connectivity index (χ1v) is 10.7. The fraction of sp³-hybridized carbons (Fsp3) is 0.389. The summed E-state index contributed by atoms with van der Waals surface area (Å²) in [4.78, 5) is 28.1. The normalized spacial score (nSPS) is 19.9. The van der Waals surface area contributed by atoms with E-state index in [9.17, 15) is 18.0 Å². The summed E-state index contributed by atoms with van der Waals surface area (Å²) in [6.45, 7) is 0.804. The Balaban J connectivity index is 1.63. The molecule has 0 N–H and O–H groups in total. The Bertz CT molecular complexity index is 1050. The van der Waals surface area contributed by atoms with E-state index in [-0.39, 0.29) is 19.0 Å². The maximum atomic E-state index is 13.1. The molecule has 148 valence electrons. The van der Waals surface area contributed by atoms with Crippen LogP contribution in [0, 0.1) is 0 Å². The third-order valence-corrected chi connectivity index (χ3v) is 6.33. The molecule has 2 aliphatic heterocycles. The van der Waals surface area contributed by atoms with Crippen LogP contribution in [0.2, 0.25) is 0 Å². The molecule has 4 rings (SSSR count). The number of rotatable bonds is 2. The number of fused-ring (bicyclic) bond motifs is 1. The van der Waals surface area contributed by atoms with Crippen molar-refractivity contribution in [1.29, 1.82) is 0 Å². The Hall–Kier alpha value is -2.88. The predicted octanol–water partition coefficient (Wildman–Crippen LogP) is 1.18. The highest BCUT2D eigenvalue weighted by Gasteiger charge is 2.41. The molecular formula is C18H21N5O4S. The maximum Gasteiger partial charge on any atom is 0.341 e. The topological polar surface area (TPSA) is 95.8 Å². The molecule has 1 aromatic carbocycles. The Kier molecular flexibility index (Phi) is 4.37. The van der Waals surface area contributed by atoms with E-state index in [1.54, 1.807) is 15.8 Å². The van der Waals surface area contributed by atoms with Gasteiger partial charge in [-0.15, -0.1) is 0 Å². The van der Waals surface area contributed by atoms with Gasteiger partial charge in [0, 0.05) is 32.3 Å². The van der Waals surface area contributed by atoms with Crippen LogP contribution in [0.4, 0.5) is 9.59 Å². The molecule has 0 aliphatic carbocycles. The van der Waals surface area contributed by atoms with Crippen LogP contribution in [-0.4, -0.2) is 70.3 Å². The first-order chi connectivity index (χ1) is 13.3. The number of hydrogen-bond acceptors (Lipinski definition) is 5. The van der Waals surface area contributed by atoms with Crippen LogP contribution in [0.1, 0.15) is 22.6 Å². The number of hydrogen-bond donors (Lipinski definition) is 0. The van der Waals surface area contributed by atoms with Crippen LogP contribution in [0.15, 0.2) is 36.7 Å². The minimum absolute atomic E-state index is 0.0140. The lowest BCUT2D eigenvalue weighted by Crippen LogP contribution is -2.48. The molecule has 1 fully saturated rings. The Morgan fingerprint density at radius 2 is 1.96 bits per heavy atom. The van der Waals surface area contributed by atoms with E-state index in [1.807, 2.05) is 37.5 Å². The standard InChI is InChI=1S/C18H21N5O4S/c1-20-10-14(9-19-20)16-12-21(11-13-5-3-4-6-15(13)16)17(24)22-7-8-23(18(22)25)28(2,26)27/h3-6,9-10,16H,7-8,11-12H2,1-2H3/t16-/m0/s1. The Labute approximate surface area is 163 Å². The van der Waals surface area contributed by atoms with Crippen LogP contribution in [0.5, 0.6) is 0 Å². The van der Waals surface area contributed by atoms with Crippen LogP contribution >= 0.6 is 0 Å². The van der Waals surface area contributed by atoms with E-state index in [0.29, 0.717) is 13.1 Å².